The van der Waals surface area contributed by atoms with Gasteiger partial charge in [-0.25, -0.2) is 4.39 Å². The van der Waals surface area contributed by atoms with E-state index in [1.807, 2.05) is 0 Å². The van der Waals surface area contributed by atoms with Gasteiger partial charge in [0.15, 0.2) is 0 Å². The molecule has 7 heteroatoms. The summed E-state index contributed by atoms with van der Waals surface area (Å²) in [5.41, 5.74) is 0. The zero-order valence-electron chi connectivity index (χ0n) is 14.9. The predicted molar refractivity (Wildman–Crippen MR) is 98.3 cm³/mol. The van der Waals surface area contributed by atoms with Crippen LogP contribution in [0, 0.1) is 17.7 Å². The second-order valence-corrected chi connectivity index (χ2v) is 8.13. The standard InChI is InChI=1S/C19H25FN2O3S/c1-25-10-12-8-18(23)22-17-9-14(4-7-16(12)17)21-19(24)11-26-15-5-2-13(20)3-6-15/h2-3,5-6,12,14,16-17H,4,7-11H2,1H3,(H,21,24)(H,22,23). The molecular formula is C19H25FN2O3S. The fourth-order valence-electron chi connectivity index (χ4n) is 4.06. The van der Waals surface area contributed by atoms with Gasteiger partial charge in [0.2, 0.25) is 11.8 Å². The largest absolute Gasteiger partial charge is 0.384 e. The second-order valence-electron chi connectivity index (χ2n) is 7.08. The van der Waals surface area contributed by atoms with Gasteiger partial charge in [0.1, 0.15) is 5.82 Å². The van der Waals surface area contributed by atoms with Crippen LogP contribution in [0.1, 0.15) is 25.7 Å². The number of nitrogens with one attached hydrogen (secondary N) is 2. The lowest BCUT2D eigenvalue weighted by Gasteiger charge is -2.43. The van der Waals surface area contributed by atoms with Crippen molar-refractivity contribution in [3.8, 4) is 0 Å². The number of rotatable bonds is 6. The zero-order valence-corrected chi connectivity index (χ0v) is 15.7. The number of fused-ring (bicyclic) bond motifs is 1. The first kappa shape index (κ1) is 19.2. The van der Waals surface area contributed by atoms with Gasteiger partial charge in [-0.15, -0.1) is 11.8 Å². The summed E-state index contributed by atoms with van der Waals surface area (Å²) in [5, 5.41) is 6.17. The number of carbonyl (C=O) groups excluding carboxylic acids is 2. The summed E-state index contributed by atoms with van der Waals surface area (Å²) < 4.78 is 18.2. The molecule has 4 atom stereocenters. The molecule has 2 amide bonds. The average Bonchev–Trinajstić information content (AvgIpc) is 2.61. The molecule has 1 heterocycles. The monoisotopic (exact) mass is 380 g/mol. The van der Waals surface area contributed by atoms with E-state index >= 15 is 0 Å². The summed E-state index contributed by atoms with van der Waals surface area (Å²) in [6.07, 6.45) is 3.20. The van der Waals surface area contributed by atoms with Gasteiger partial charge in [-0.3, -0.25) is 9.59 Å². The molecule has 26 heavy (non-hydrogen) atoms. The van der Waals surface area contributed by atoms with Gasteiger partial charge in [-0.2, -0.15) is 0 Å². The van der Waals surface area contributed by atoms with Crippen molar-refractivity contribution in [2.45, 2.75) is 42.7 Å². The predicted octanol–water partition coefficient (Wildman–Crippen LogP) is 2.35. The Bertz CT molecular complexity index is 640. The molecule has 0 aromatic heterocycles. The molecule has 1 aromatic rings. The fourth-order valence-corrected chi connectivity index (χ4v) is 4.77. The van der Waals surface area contributed by atoms with Gasteiger partial charge in [0.05, 0.1) is 5.75 Å². The van der Waals surface area contributed by atoms with Gasteiger partial charge >= 0.3 is 0 Å². The third-order valence-corrected chi connectivity index (χ3v) is 6.24. The first-order chi connectivity index (χ1) is 12.5. The van der Waals surface area contributed by atoms with Crippen LogP contribution in [0.4, 0.5) is 4.39 Å². The normalized spacial score (nSPS) is 28.2. The molecule has 2 aliphatic rings. The van der Waals surface area contributed by atoms with Crippen molar-refractivity contribution in [1.29, 1.82) is 0 Å². The zero-order chi connectivity index (χ0) is 18.5. The van der Waals surface area contributed by atoms with E-state index < -0.39 is 0 Å². The van der Waals surface area contributed by atoms with Crippen LogP contribution in [0.15, 0.2) is 29.2 Å². The van der Waals surface area contributed by atoms with Crippen molar-refractivity contribution in [1.82, 2.24) is 10.6 Å². The van der Waals surface area contributed by atoms with Crippen LogP contribution in [-0.2, 0) is 14.3 Å². The third-order valence-electron chi connectivity index (χ3n) is 5.23. The Morgan fingerprint density at radius 1 is 1.35 bits per heavy atom. The molecule has 1 saturated heterocycles. The van der Waals surface area contributed by atoms with Gasteiger partial charge in [0.25, 0.3) is 0 Å². The van der Waals surface area contributed by atoms with E-state index in [1.165, 1.54) is 23.9 Å². The average molecular weight is 380 g/mol. The molecular weight excluding hydrogens is 355 g/mol. The van der Waals surface area contributed by atoms with Crippen LogP contribution in [0.2, 0.25) is 0 Å². The molecule has 5 nitrogen and oxygen atoms in total. The van der Waals surface area contributed by atoms with E-state index in [0.717, 1.165) is 24.2 Å². The van der Waals surface area contributed by atoms with E-state index in [9.17, 15) is 14.0 Å². The Balaban J connectivity index is 1.48. The van der Waals surface area contributed by atoms with Crippen molar-refractivity contribution in [2.75, 3.05) is 19.5 Å². The van der Waals surface area contributed by atoms with E-state index in [-0.39, 0.29) is 35.6 Å². The summed E-state index contributed by atoms with van der Waals surface area (Å²) in [7, 11) is 1.67. The summed E-state index contributed by atoms with van der Waals surface area (Å²) in [4.78, 5) is 25.0. The number of hydrogen-bond donors (Lipinski definition) is 2. The first-order valence-corrected chi connectivity index (χ1v) is 9.99. The number of carbonyl (C=O) groups is 2. The summed E-state index contributed by atoms with van der Waals surface area (Å²) >= 11 is 1.39. The van der Waals surface area contributed by atoms with Crippen molar-refractivity contribution in [3.05, 3.63) is 30.1 Å². The summed E-state index contributed by atoms with van der Waals surface area (Å²) in [5.74, 6) is 0.760. The highest BCUT2D eigenvalue weighted by Crippen LogP contribution is 2.35. The lowest BCUT2D eigenvalue weighted by molar-refractivity contribution is -0.128. The molecule has 0 radical (unpaired) electrons. The summed E-state index contributed by atoms with van der Waals surface area (Å²) in [6.45, 7) is 0.611. The minimum Gasteiger partial charge on any atom is -0.384 e. The molecule has 0 bridgehead atoms. The molecule has 142 valence electrons. The molecule has 1 aromatic carbocycles. The molecule has 2 fully saturated rings. The maximum absolute atomic E-state index is 12.9. The van der Waals surface area contributed by atoms with E-state index in [4.69, 9.17) is 4.74 Å². The number of hydrogen-bond acceptors (Lipinski definition) is 4. The Hall–Kier alpha value is -1.60. The smallest absolute Gasteiger partial charge is 0.230 e. The minimum absolute atomic E-state index is 0.0293. The maximum Gasteiger partial charge on any atom is 0.230 e. The topological polar surface area (TPSA) is 67.4 Å². The minimum atomic E-state index is -0.281. The lowest BCUT2D eigenvalue weighted by atomic mass is 9.71. The molecule has 1 saturated carbocycles. The quantitative estimate of drug-likeness (QED) is 0.744. The highest BCUT2D eigenvalue weighted by atomic mass is 32.2. The molecule has 1 aliphatic heterocycles. The number of ether oxygens (including phenoxy) is 1. The molecule has 3 rings (SSSR count). The van der Waals surface area contributed by atoms with Gasteiger partial charge in [-0.05, 0) is 55.4 Å². The lowest BCUT2D eigenvalue weighted by Crippen LogP contribution is -2.56. The van der Waals surface area contributed by atoms with E-state index in [1.54, 1.807) is 19.2 Å². The van der Waals surface area contributed by atoms with Crippen LogP contribution in [-0.4, -0.2) is 43.4 Å². The van der Waals surface area contributed by atoms with Crippen LogP contribution >= 0.6 is 11.8 Å². The number of thioether (sulfide) groups is 1. The second kappa shape index (κ2) is 8.86. The first-order valence-electron chi connectivity index (χ1n) is 9.01. The van der Waals surface area contributed by atoms with Crippen LogP contribution in [0.25, 0.3) is 0 Å². The van der Waals surface area contributed by atoms with Crippen LogP contribution in [0.5, 0.6) is 0 Å². The number of amides is 2. The highest BCUT2D eigenvalue weighted by molar-refractivity contribution is 8.00. The van der Waals surface area contributed by atoms with E-state index in [0.29, 0.717) is 24.7 Å². The van der Waals surface area contributed by atoms with Gasteiger partial charge in [-0.1, -0.05) is 0 Å². The maximum atomic E-state index is 12.9. The van der Waals surface area contributed by atoms with Gasteiger partial charge < -0.3 is 15.4 Å². The molecule has 2 N–H and O–H groups in total. The fraction of sp³-hybridized carbons (Fsp3) is 0.579. The Labute approximate surface area is 157 Å². The van der Waals surface area contributed by atoms with Crippen molar-refractivity contribution >= 4 is 23.6 Å². The SMILES string of the molecule is COCC1CC(=O)NC2CC(NC(=O)CSc3ccc(F)cc3)CCC12. The van der Waals surface area contributed by atoms with Gasteiger partial charge in [0, 0.05) is 37.1 Å². The number of halogens is 1. The molecule has 0 spiro atoms. The Morgan fingerprint density at radius 2 is 2.12 bits per heavy atom. The molecule has 1 aliphatic carbocycles. The molecule has 4 unspecified atom stereocenters. The Kier molecular flexibility index (Phi) is 6.53. The summed E-state index contributed by atoms with van der Waals surface area (Å²) in [6, 6.07) is 6.32. The van der Waals surface area contributed by atoms with Crippen LogP contribution < -0.4 is 10.6 Å². The van der Waals surface area contributed by atoms with E-state index in [2.05, 4.69) is 10.6 Å². The van der Waals surface area contributed by atoms with Crippen molar-refractivity contribution < 1.29 is 18.7 Å². The van der Waals surface area contributed by atoms with Crippen molar-refractivity contribution in [3.63, 3.8) is 0 Å². The van der Waals surface area contributed by atoms with Crippen molar-refractivity contribution in [2.24, 2.45) is 11.8 Å². The number of methoxy groups -OCH3 is 1. The number of piperidine rings is 1. The van der Waals surface area contributed by atoms with Crippen LogP contribution in [0.3, 0.4) is 0 Å². The third kappa shape index (κ3) is 4.98. The highest BCUT2D eigenvalue weighted by Gasteiger charge is 2.40. The Morgan fingerprint density at radius 3 is 2.85 bits per heavy atom. The number of benzene rings is 1.